The van der Waals surface area contributed by atoms with Gasteiger partial charge in [-0.25, -0.2) is 4.79 Å². The number of esters is 1. The van der Waals surface area contributed by atoms with Crippen LogP contribution >= 0.6 is 23.4 Å². The fourth-order valence-corrected chi connectivity index (χ4v) is 4.43. The molecule has 1 fully saturated rings. The third kappa shape index (κ3) is 5.93. The van der Waals surface area contributed by atoms with Crippen molar-refractivity contribution >= 4 is 46.6 Å². The summed E-state index contributed by atoms with van der Waals surface area (Å²) in [6, 6.07) is 10.3. The van der Waals surface area contributed by atoms with E-state index in [1.165, 1.54) is 6.92 Å². The predicted octanol–water partition coefficient (Wildman–Crippen LogP) is 5.61. The lowest BCUT2D eigenvalue weighted by Crippen LogP contribution is -2.42. The van der Waals surface area contributed by atoms with Gasteiger partial charge in [-0.1, -0.05) is 41.4 Å². The number of ether oxygens (including phenoxy) is 3. The standard InChI is InChI=1S/C25H26ClNO6S/c1-5-31-20-12-18(11-19(26)22(20)33-14-17-9-7-15(3)8-10-17)13-21-23(28)27(25(30)34-21)16(4)24(29)32-6-2/h7-13,16H,5-6,14H2,1-4H3/b21-13+/t16-/m0/s1. The molecule has 0 N–H and O–H groups in total. The molecule has 3 rings (SSSR count). The maximum atomic E-state index is 12.8. The number of rotatable bonds is 9. The molecule has 180 valence electrons. The van der Waals surface area contributed by atoms with Gasteiger partial charge in [0, 0.05) is 0 Å². The molecule has 2 aromatic rings. The van der Waals surface area contributed by atoms with Gasteiger partial charge >= 0.3 is 5.97 Å². The molecular formula is C25H26ClNO6S. The van der Waals surface area contributed by atoms with E-state index in [0.717, 1.165) is 27.8 Å². The largest absolute Gasteiger partial charge is 0.490 e. The Morgan fingerprint density at radius 2 is 1.82 bits per heavy atom. The molecule has 2 amide bonds. The van der Waals surface area contributed by atoms with Crippen LogP contribution in [0.2, 0.25) is 5.02 Å². The minimum absolute atomic E-state index is 0.159. The Balaban J connectivity index is 1.84. The van der Waals surface area contributed by atoms with Crippen molar-refractivity contribution in [3.8, 4) is 11.5 Å². The van der Waals surface area contributed by atoms with Crippen LogP contribution in [-0.4, -0.2) is 41.3 Å². The first-order valence-electron chi connectivity index (χ1n) is 10.8. The van der Waals surface area contributed by atoms with Crippen LogP contribution in [0.25, 0.3) is 6.08 Å². The summed E-state index contributed by atoms with van der Waals surface area (Å²) in [5.41, 5.74) is 2.70. The van der Waals surface area contributed by atoms with Gasteiger partial charge in [-0.2, -0.15) is 0 Å². The van der Waals surface area contributed by atoms with E-state index in [1.54, 1.807) is 25.1 Å². The van der Waals surface area contributed by atoms with Crippen LogP contribution in [0.3, 0.4) is 0 Å². The predicted molar refractivity (Wildman–Crippen MR) is 132 cm³/mol. The molecule has 0 aromatic heterocycles. The summed E-state index contributed by atoms with van der Waals surface area (Å²) < 4.78 is 16.6. The maximum absolute atomic E-state index is 12.8. The Hall–Kier alpha value is -2.97. The molecule has 1 aliphatic heterocycles. The third-order valence-electron chi connectivity index (χ3n) is 4.97. The first kappa shape index (κ1) is 25.6. The molecule has 0 spiro atoms. The van der Waals surface area contributed by atoms with Crippen molar-refractivity contribution in [1.29, 1.82) is 0 Å². The highest BCUT2D eigenvalue weighted by Crippen LogP contribution is 2.40. The van der Waals surface area contributed by atoms with Crippen molar-refractivity contribution in [2.75, 3.05) is 13.2 Å². The molecule has 0 aliphatic carbocycles. The van der Waals surface area contributed by atoms with Crippen LogP contribution < -0.4 is 9.47 Å². The number of hydrogen-bond donors (Lipinski definition) is 0. The zero-order chi connectivity index (χ0) is 24.8. The van der Waals surface area contributed by atoms with Crippen molar-refractivity contribution in [2.45, 2.75) is 40.3 Å². The van der Waals surface area contributed by atoms with E-state index in [1.807, 2.05) is 38.1 Å². The quantitative estimate of drug-likeness (QED) is 0.324. The smallest absolute Gasteiger partial charge is 0.329 e. The molecule has 1 heterocycles. The van der Waals surface area contributed by atoms with Gasteiger partial charge in [0.15, 0.2) is 11.5 Å². The Labute approximate surface area is 208 Å². The number of thioether (sulfide) groups is 1. The number of halogens is 1. The van der Waals surface area contributed by atoms with Crippen molar-refractivity contribution in [2.24, 2.45) is 0 Å². The van der Waals surface area contributed by atoms with Crippen LogP contribution in [0.5, 0.6) is 11.5 Å². The Morgan fingerprint density at radius 3 is 2.47 bits per heavy atom. The van der Waals surface area contributed by atoms with Crippen LogP contribution in [0, 0.1) is 6.92 Å². The zero-order valence-corrected chi connectivity index (χ0v) is 21.0. The zero-order valence-electron chi connectivity index (χ0n) is 19.4. The molecule has 2 aromatic carbocycles. The van der Waals surface area contributed by atoms with Gasteiger partial charge in [-0.15, -0.1) is 0 Å². The minimum Gasteiger partial charge on any atom is -0.490 e. The van der Waals surface area contributed by atoms with Gasteiger partial charge in [0.1, 0.15) is 12.6 Å². The highest BCUT2D eigenvalue weighted by atomic mass is 35.5. The number of aryl methyl sites for hydroxylation is 1. The van der Waals surface area contributed by atoms with Crippen molar-refractivity contribution in [3.05, 3.63) is 63.0 Å². The van der Waals surface area contributed by atoms with E-state index in [9.17, 15) is 14.4 Å². The second kappa shape index (κ2) is 11.4. The highest BCUT2D eigenvalue weighted by molar-refractivity contribution is 8.18. The summed E-state index contributed by atoms with van der Waals surface area (Å²) in [5.74, 6) is -0.384. The Bertz CT molecular complexity index is 1120. The molecule has 1 aliphatic rings. The lowest BCUT2D eigenvalue weighted by atomic mass is 10.1. The molecule has 0 unspecified atom stereocenters. The second-order valence-electron chi connectivity index (χ2n) is 7.52. The average molecular weight is 504 g/mol. The lowest BCUT2D eigenvalue weighted by Gasteiger charge is -2.19. The van der Waals surface area contributed by atoms with Crippen LogP contribution in [-0.2, 0) is 20.9 Å². The second-order valence-corrected chi connectivity index (χ2v) is 8.92. The maximum Gasteiger partial charge on any atom is 0.329 e. The molecular weight excluding hydrogens is 478 g/mol. The van der Waals surface area contributed by atoms with E-state index in [2.05, 4.69) is 0 Å². The number of nitrogens with zero attached hydrogens (tertiary/aromatic N) is 1. The molecule has 9 heteroatoms. The first-order chi connectivity index (χ1) is 16.2. The fraction of sp³-hybridized carbons (Fsp3) is 0.320. The number of carbonyl (C=O) groups excluding carboxylic acids is 3. The average Bonchev–Trinajstić information content (AvgIpc) is 3.07. The summed E-state index contributed by atoms with van der Waals surface area (Å²) in [5, 5.41) is -0.227. The third-order valence-corrected chi connectivity index (χ3v) is 6.14. The molecule has 0 bridgehead atoms. The summed E-state index contributed by atoms with van der Waals surface area (Å²) in [6.45, 7) is 7.82. The number of benzene rings is 2. The monoisotopic (exact) mass is 503 g/mol. The van der Waals surface area contributed by atoms with Crippen LogP contribution in [0.4, 0.5) is 4.79 Å². The number of carbonyl (C=O) groups is 3. The summed E-state index contributed by atoms with van der Waals surface area (Å²) in [6.07, 6.45) is 1.54. The minimum atomic E-state index is -1.02. The molecule has 0 saturated carbocycles. The SMILES string of the molecule is CCOC(=O)[C@H](C)N1C(=O)S/C(=C/c2cc(Cl)c(OCc3ccc(C)cc3)c(OCC)c2)C1=O. The summed E-state index contributed by atoms with van der Waals surface area (Å²) in [7, 11) is 0. The summed E-state index contributed by atoms with van der Waals surface area (Å²) in [4.78, 5) is 38.3. The van der Waals surface area contributed by atoms with Gasteiger partial charge < -0.3 is 14.2 Å². The van der Waals surface area contributed by atoms with Gasteiger partial charge in [0.05, 0.1) is 23.1 Å². The van der Waals surface area contributed by atoms with Crippen molar-refractivity contribution in [1.82, 2.24) is 4.90 Å². The van der Waals surface area contributed by atoms with E-state index < -0.39 is 23.2 Å². The van der Waals surface area contributed by atoms with E-state index in [4.69, 9.17) is 25.8 Å². The van der Waals surface area contributed by atoms with Crippen LogP contribution in [0.15, 0.2) is 41.3 Å². The molecule has 1 atom stereocenters. The highest BCUT2D eigenvalue weighted by Gasteiger charge is 2.41. The van der Waals surface area contributed by atoms with Crippen molar-refractivity contribution < 1.29 is 28.6 Å². The normalized spacial score (nSPS) is 15.6. The van der Waals surface area contributed by atoms with E-state index in [0.29, 0.717) is 35.3 Å². The first-order valence-corrected chi connectivity index (χ1v) is 12.0. The number of hydrogen-bond acceptors (Lipinski definition) is 7. The molecule has 7 nitrogen and oxygen atoms in total. The summed E-state index contributed by atoms with van der Waals surface area (Å²) >= 11 is 7.26. The van der Waals surface area contributed by atoms with Gasteiger partial charge in [-0.3, -0.25) is 14.5 Å². The molecule has 34 heavy (non-hydrogen) atoms. The number of amides is 2. The topological polar surface area (TPSA) is 82.1 Å². The number of imide groups is 1. The Kier molecular flexibility index (Phi) is 8.63. The van der Waals surface area contributed by atoms with Gasteiger partial charge in [0.2, 0.25) is 0 Å². The van der Waals surface area contributed by atoms with Gasteiger partial charge in [-0.05, 0) is 68.8 Å². The van der Waals surface area contributed by atoms with E-state index in [-0.39, 0.29) is 11.5 Å². The van der Waals surface area contributed by atoms with E-state index >= 15 is 0 Å². The van der Waals surface area contributed by atoms with Gasteiger partial charge in [0.25, 0.3) is 11.1 Å². The molecule has 0 radical (unpaired) electrons. The molecule has 1 saturated heterocycles. The van der Waals surface area contributed by atoms with Crippen LogP contribution in [0.1, 0.15) is 37.5 Å². The lowest BCUT2D eigenvalue weighted by molar-refractivity contribution is -0.150. The van der Waals surface area contributed by atoms with Crippen molar-refractivity contribution in [3.63, 3.8) is 0 Å². The fourth-order valence-electron chi connectivity index (χ4n) is 3.25. The Morgan fingerprint density at radius 1 is 1.12 bits per heavy atom.